The van der Waals surface area contributed by atoms with Crippen LogP contribution in [0.2, 0.25) is 0 Å². The molecule has 9 heteroatoms. The first-order valence-electron chi connectivity index (χ1n) is 9.17. The highest BCUT2D eigenvalue weighted by Crippen LogP contribution is 2.39. The monoisotopic (exact) mass is 402 g/mol. The molecule has 150 valence electrons. The summed E-state index contributed by atoms with van der Waals surface area (Å²) in [5.41, 5.74) is 2.89. The molecule has 0 radical (unpaired) electrons. The number of hydrogen-bond acceptors (Lipinski definition) is 8. The Hall–Kier alpha value is -4.19. The Morgan fingerprint density at radius 2 is 2.07 bits per heavy atom. The zero-order valence-corrected chi connectivity index (χ0v) is 16.4. The van der Waals surface area contributed by atoms with E-state index in [1.165, 1.54) is 11.8 Å². The number of allylic oxidation sites excluding steroid dienone is 1. The largest absolute Gasteiger partial charge is 0.496 e. The molecule has 4 rings (SSSR count). The van der Waals surface area contributed by atoms with Crippen LogP contribution in [0.1, 0.15) is 29.7 Å². The summed E-state index contributed by atoms with van der Waals surface area (Å²) in [6.45, 7) is 1.90. The minimum atomic E-state index is -0.679. The van der Waals surface area contributed by atoms with Gasteiger partial charge in [-0.15, -0.1) is 0 Å². The lowest BCUT2D eigenvalue weighted by Gasteiger charge is -2.28. The van der Waals surface area contributed by atoms with Gasteiger partial charge in [0, 0.05) is 11.3 Å². The normalized spacial score (nSPS) is 15.0. The van der Waals surface area contributed by atoms with Gasteiger partial charge in [-0.2, -0.15) is 9.94 Å². The number of carbonyl (C=O) groups excluding carboxylic acids is 1. The highest BCUT2D eigenvalue weighted by Gasteiger charge is 2.36. The SMILES string of the molecule is COc1cc(C#N)ccc1C1C(C(=O)OCc2ccccc2)=C(C)Nc2nnnn21. The standard InChI is InChI=1S/C21H18N6O3/c1-13-18(20(28)30-12-14-6-4-3-5-7-14)19(27-21(23-13)24-25-26-27)16-9-8-15(11-22)10-17(16)29-2/h3-10,19H,12H2,1-2H3,(H,23,24,26). The van der Waals surface area contributed by atoms with E-state index in [2.05, 4.69) is 26.9 Å². The highest BCUT2D eigenvalue weighted by atomic mass is 16.5. The number of esters is 1. The van der Waals surface area contributed by atoms with Crippen LogP contribution in [0, 0.1) is 11.3 Å². The number of benzene rings is 2. The summed E-state index contributed by atoms with van der Waals surface area (Å²) in [5.74, 6) is 0.341. The molecule has 0 spiro atoms. The lowest BCUT2D eigenvalue weighted by Crippen LogP contribution is -2.30. The van der Waals surface area contributed by atoms with Crippen molar-refractivity contribution in [1.29, 1.82) is 5.26 Å². The van der Waals surface area contributed by atoms with Crippen LogP contribution in [0.15, 0.2) is 59.8 Å². The van der Waals surface area contributed by atoms with E-state index in [1.54, 1.807) is 25.1 Å². The minimum Gasteiger partial charge on any atom is -0.496 e. The second-order valence-corrected chi connectivity index (χ2v) is 6.64. The van der Waals surface area contributed by atoms with Crippen molar-refractivity contribution >= 4 is 11.9 Å². The van der Waals surface area contributed by atoms with Gasteiger partial charge in [-0.3, -0.25) is 0 Å². The quantitative estimate of drug-likeness (QED) is 0.648. The maximum absolute atomic E-state index is 13.1. The molecule has 1 atom stereocenters. The molecular weight excluding hydrogens is 384 g/mol. The number of tetrazole rings is 1. The predicted octanol–water partition coefficient (Wildman–Crippen LogP) is 2.59. The number of nitrogens with zero attached hydrogens (tertiary/aromatic N) is 5. The first-order chi connectivity index (χ1) is 14.6. The zero-order chi connectivity index (χ0) is 21.1. The Balaban J connectivity index is 1.74. The Morgan fingerprint density at radius 1 is 1.27 bits per heavy atom. The molecular formula is C21H18N6O3. The van der Waals surface area contributed by atoms with E-state index in [4.69, 9.17) is 9.47 Å². The topological polar surface area (TPSA) is 115 Å². The molecule has 1 aliphatic rings. The molecule has 0 saturated heterocycles. The van der Waals surface area contributed by atoms with Crippen molar-refractivity contribution in [3.8, 4) is 11.8 Å². The third-order valence-corrected chi connectivity index (χ3v) is 4.80. The molecule has 0 amide bonds. The number of anilines is 1. The summed E-state index contributed by atoms with van der Waals surface area (Å²) in [7, 11) is 1.51. The lowest BCUT2D eigenvalue weighted by atomic mass is 9.94. The first-order valence-corrected chi connectivity index (χ1v) is 9.17. The van der Waals surface area contributed by atoms with Gasteiger partial charge in [-0.1, -0.05) is 41.5 Å². The number of carbonyl (C=O) groups is 1. The Morgan fingerprint density at radius 3 is 2.80 bits per heavy atom. The van der Waals surface area contributed by atoms with Crippen LogP contribution in [0.5, 0.6) is 5.75 Å². The summed E-state index contributed by atoms with van der Waals surface area (Å²) >= 11 is 0. The third-order valence-electron chi connectivity index (χ3n) is 4.80. The number of methoxy groups -OCH3 is 1. The van der Waals surface area contributed by atoms with Crippen LogP contribution in [0.4, 0.5) is 5.95 Å². The van der Waals surface area contributed by atoms with E-state index in [0.717, 1.165) is 5.56 Å². The number of rotatable bonds is 5. The second kappa shape index (κ2) is 8.05. The number of nitrogens with one attached hydrogen (secondary N) is 1. The smallest absolute Gasteiger partial charge is 0.338 e. The van der Waals surface area contributed by atoms with Crippen molar-refractivity contribution in [1.82, 2.24) is 20.2 Å². The summed E-state index contributed by atoms with van der Waals surface area (Å²) in [4.78, 5) is 13.1. The minimum absolute atomic E-state index is 0.135. The molecule has 1 aliphatic heterocycles. The van der Waals surface area contributed by atoms with Gasteiger partial charge in [0.25, 0.3) is 0 Å². The van der Waals surface area contributed by atoms with Crippen molar-refractivity contribution in [3.05, 3.63) is 76.5 Å². The van der Waals surface area contributed by atoms with Crippen LogP contribution < -0.4 is 10.1 Å². The van der Waals surface area contributed by atoms with Gasteiger partial charge in [0.15, 0.2) is 0 Å². The molecule has 0 fully saturated rings. The van der Waals surface area contributed by atoms with Gasteiger partial charge in [0.05, 0.1) is 24.3 Å². The average molecular weight is 402 g/mol. The Labute approximate surface area is 172 Å². The van der Waals surface area contributed by atoms with E-state index < -0.39 is 12.0 Å². The molecule has 0 aliphatic carbocycles. The molecule has 3 aromatic rings. The summed E-state index contributed by atoms with van der Waals surface area (Å²) < 4.78 is 12.6. The van der Waals surface area contributed by atoms with Crippen LogP contribution >= 0.6 is 0 Å². The van der Waals surface area contributed by atoms with Crippen LogP contribution in [-0.4, -0.2) is 33.3 Å². The number of fused-ring (bicyclic) bond motifs is 1. The van der Waals surface area contributed by atoms with Gasteiger partial charge in [-0.05, 0) is 35.0 Å². The molecule has 0 bridgehead atoms. The zero-order valence-electron chi connectivity index (χ0n) is 16.4. The fourth-order valence-electron chi connectivity index (χ4n) is 3.37. The van der Waals surface area contributed by atoms with Crippen molar-refractivity contribution in [3.63, 3.8) is 0 Å². The summed E-state index contributed by atoms with van der Waals surface area (Å²) in [6, 6.07) is 15.8. The predicted molar refractivity (Wildman–Crippen MR) is 106 cm³/mol. The fourth-order valence-corrected chi connectivity index (χ4v) is 3.37. The third kappa shape index (κ3) is 3.46. The van der Waals surface area contributed by atoms with Crippen LogP contribution in [-0.2, 0) is 16.1 Å². The summed E-state index contributed by atoms with van der Waals surface area (Å²) in [5, 5.41) is 24.0. The molecule has 2 heterocycles. The van der Waals surface area contributed by atoms with Crippen molar-refractivity contribution < 1.29 is 14.3 Å². The Bertz CT molecular complexity index is 1160. The number of hydrogen-bond donors (Lipinski definition) is 1. The molecule has 30 heavy (non-hydrogen) atoms. The molecule has 1 aromatic heterocycles. The number of ether oxygens (including phenoxy) is 2. The number of aromatic nitrogens is 4. The first kappa shape index (κ1) is 19.1. The van der Waals surface area contributed by atoms with Gasteiger partial charge >= 0.3 is 5.97 Å². The molecule has 1 N–H and O–H groups in total. The fraction of sp³-hybridized carbons (Fsp3) is 0.190. The molecule has 2 aromatic carbocycles. The molecule has 0 saturated carbocycles. The van der Waals surface area contributed by atoms with Crippen molar-refractivity contribution in [2.24, 2.45) is 0 Å². The highest BCUT2D eigenvalue weighted by molar-refractivity contribution is 5.92. The number of nitriles is 1. The maximum Gasteiger partial charge on any atom is 0.338 e. The van der Waals surface area contributed by atoms with E-state index in [0.29, 0.717) is 34.1 Å². The summed E-state index contributed by atoms with van der Waals surface area (Å²) in [6.07, 6.45) is 0. The van der Waals surface area contributed by atoms with E-state index in [-0.39, 0.29) is 6.61 Å². The van der Waals surface area contributed by atoms with E-state index in [1.807, 2.05) is 30.3 Å². The lowest BCUT2D eigenvalue weighted by molar-refractivity contribution is -0.140. The van der Waals surface area contributed by atoms with Crippen molar-refractivity contribution in [2.75, 3.05) is 12.4 Å². The second-order valence-electron chi connectivity index (χ2n) is 6.64. The Kier molecular flexibility index (Phi) is 5.13. The molecule has 9 nitrogen and oxygen atoms in total. The van der Waals surface area contributed by atoms with E-state index in [9.17, 15) is 10.1 Å². The van der Waals surface area contributed by atoms with Crippen LogP contribution in [0.25, 0.3) is 0 Å². The van der Waals surface area contributed by atoms with Crippen LogP contribution in [0.3, 0.4) is 0 Å². The average Bonchev–Trinajstić information content (AvgIpc) is 3.24. The maximum atomic E-state index is 13.1. The van der Waals surface area contributed by atoms with Gasteiger partial charge in [-0.25, -0.2) is 4.79 Å². The van der Waals surface area contributed by atoms with Gasteiger partial charge in [0.2, 0.25) is 5.95 Å². The van der Waals surface area contributed by atoms with Gasteiger partial charge in [0.1, 0.15) is 18.4 Å². The van der Waals surface area contributed by atoms with Crippen molar-refractivity contribution in [2.45, 2.75) is 19.6 Å². The van der Waals surface area contributed by atoms with Gasteiger partial charge < -0.3 is 14.8 Å². The molecule has 1 unspecified atom stereocenters. The van der Waals surface area contributed by atoms with E-state index >= 15 is 0 Å².